The van der Waals surface area contributed by atoms with Crippen LogP contribution in [0, 0.1) is 18.3 Å². The molecule has 2 N–H and O–H groups in total. The highest BCUT2D eigenvalue weighted by Crippen LogP contribution is 2.47. The predicted molar refractivity (Wildman–Crippen MR) is 147 cm³/mol. The zero-order valence-electron chi connectivity index (χ0n) is 21.8. The molecule has 0 aromatic heterocycles. The van der Waals surface area contributed by atoms with E-state index in [9.17, 15) is 15.5 Å². The first-order valence-electron chi connectivity index (χ1n) is 12.5. The van der Waals surface area contributed by atoms with Crippen LogP contribution >= 0.6 is 11.8 Å². The molecule has 37 heavy (non-hydrogen) atoms. The fourth-order valence-corrected chi connectivity index (χ4v) is 6.24. The highest BCUT2D eigenvalue weighted by atomic mass is 32.2. The van der Waals surface area contributed by atoms with Gasteiger partial charge in [0.2, 0.25) is 0 Å². The lowest BCUT2D eigenvalue weighted by Crippen LogP contribution is -2.35. The standard InChI is InChI=1S/C30H34N2O4S/c1-20-6-9-24(10-7-20)37-30(19-31,23-8-11-28(35-3)29(17-23)36-4)13-5-14-32-15-12-22-16-26(33)27(34)18-25(22)21(32)2/h6-11,16-18,21,33-34H,5,12-15H2,1-4H3. The minimum absolute atomic E-state index is 0.0683. The molecule has 1 aliphatic rings. The maximum Gasteiger partial charge on any atom is 0.161 e. The molecule has 7 heteroatoms. The van der Waals surface area contributed by atoms with Gasteiger partial charge in [0.15, 0.2) is 23.0 Å². The molecule has 0 aliphatic carbocycles. The Kier molecular flexibility index (Phi) is 8.21. The Bertz CT molecular complexity index is 1290. The smallest absolute Gasteiger partial charge is 0.161 e. The number of nitriles is 1. The number of methoxy groups -OCH3 is 2. The Morgan fingerprint density at radius 3 is 2.41 bits per heavy atom. The van der Waals surface area contributed by atoms with Crippen molar-refractivity contribution >= 4 is 11.8 Å². The summed E-state index contributed by atoms with van der Waals surface area (Å²) in [4.78, 5) is 3.42. The number of phenolic OH excluding ortho intramolecular Hbond substituents is 2. The van der Waals surface area contributed by atoms with Gasteiger partial charge in [-0.15, -0.1) is 0 Å². The first-order chi connectivity index (χ1) is 17.8. The van der Waals surface area contributed by atoms with Crippen LogP contribution < -0.4 is 9.47 Å². The number of rotatable bonds is 9. The van der Waals surface area contributed by atoms with E-state index in [-0.39, 0.29) is 17.5 Å². The molecule has 0 bridgehead atoms. The van der Waals surface area contributed by atoms with Crippen molar-refractivity contribution in [2.75, 3.05) is 27.3 Å². The third kappa shape index (κ3) is 5.66. The summed E-state index contributed by atoms with van der Waals surface area (Å²) in [7, 11) is 3.21. The fraction of sp³-hybridized carbons (Fsp3) is 0.367. The molecule has 3 aromatic rings. The summed E-state index contributed by atoms with van der Waals surface area (Å²) < 4.78 is 10.2. The topological polar surface area (TPSA) is 86.0 Å². The van der Waals surface area contributed by atoms with Crippen molar-refractivity contribution in [1.82, 2.24) is 4.90 Å². The second-order valence-corrected chi connectivity index (χ2v) is 10.9. The molecule has 0 fully saturated rings. The summed E-state index contributed by atoms with van der Waals surface area (Å²) in [5.41, 5.74) is 4.18. The zero-order chi connectivity index (χ0) is 26.6. The van der Waals surface area contributed by atoms with Crippen LogP contribution in [0.5, 0.6) is 23.0 Å². The van der Waals surface area contributed by atoms with Crippen LogP contribution in [0.4, 0.5) is 0 Å². The number of hydrogen-bond donors (Lipinski definition) is 2. The first-order valence-corrected chi connectivity index (χ1v) is 13.3. The lowest BCUT2D eigenvalue weighted by molar-refractivity contribution is 0.193. The number of thioether (sulfide) groups is 1. The van der Waals surface area contributed by atoms with Crippen molar-refractivity contribution in [2.45, 2.75) is 48.8 Å². The van der Waals surface area contributed by atoms with Crippen LogP contribution in [0.1, 0.15) is 48.1 Å². The number of phenols is 2. The highest BCUT2D eigenvalue weighted by molar-refractivity contribution is 8.00. The van der Waals surface area contributed by atoms with Crippen LogP contribution in [0.25, 0.3) is 0 Å². The molecule has 2 atom stereocenters. The molecule has 2 unspecified atom stereocenters. The third-order valence-corrected chi connectivity index (χ3v) is 8.61. The van der Waals surface area contributed by atoms with Crippen molar-refractivity contribution in [2.24, 2.45) is 0 Å². The average molecular weight is 519 g/mol. The van der Waals surface area contributed by atoms with Crippen LogP contribution in [0.2, 0.25) is 0 Å². The van der Waals surface area contributed by atoms with Gasteiger partial charge in [0.25, 0.3) is 0 Å². The second-order valence-electron chi connectivity index (χ2n) is 9.53. The first kappa shape index (κ1) is 26.7. The number of ether oxygens (including phenoxy) is 2. The minimum Gasteiger partial charge on any atom is -0.504 e. The van der Waals surface area contributed by atoms with Crippen molar-refractivity contribution in [3.63, 3.8) is 0 Å². The molecule has 1 aliphatic heterocycles. The van der Waals surface area contributed by atoms with E-state index in [0.717, 1.165) is 47.5 Å². The molecule has 0 spiro atoms. The van der Waals surface area contributed by atoms with Crippen LogP contribution in [0.3, 0.4) is 0 Å². The zero-order valence-corrected chi connectivity index (χ0v) is 22.6. The summed E-state index contributed by atoms with van der Waals surface area (Å²) in [5, 5.41) is 30.5. The van der Waals surface area contributed by atoms with Gasteiger partial charge in [0, 0.05) is 17.5 Å². The molecule has 0 saturated heterocycles. The Labute approximate surface area is 223 Å². The molecule has 3 aromatic carbocycles. The molecule has 4 rings (SSSR count). The van der Waals surface area contributed by atoms with E-state index in [1.165, 1.54) is 5.56 Å². The second kappa shape index (κ2) is 11.4. The molecule has 194 valence electrons. The Hall–Kier alpha value is -3.34. The molecular weight excluding hydrogens is 484 g/mol. The van der Waals surface area contributed by atoms with Crippen molar-refractivity contribution in [1.29, 1.82) is 5.26 Å². The number of fused-ring (bicyclic) bond motifs is 1. The van der Waals surface area contributed by atoms with E-state index in [2.05, 4.69) is 49.1 Å². The predicted octanol–water partition coefficient (Wildman–Crippen LogP) is 6.33. The number of nitrogens with zero attached hydrogens (tertiary/aromatic N) is 2. The number of aromatic hydroxyl groups is 2. The lowest BCUT2D eigenvalue weighted by atomic mass is 9.91. The summed E-state index contributed by atoms with van der Waals surface area (Å²) >= 11 is 1.57. The molecular formula is C30H34N2O4S. The Morgan fingerprint density at radius 2 is 1.73 bits per heavy atom. The fourth-order valence-electron chi connectivity index (χ4n) is 5.03. The molecule has 0 amide bonds. The molecule has 0 saturated carbocycles. The van der Waals surface area contributed by atoms with E-state index >= 15 is 0 Å². The maximum atomic E-state index is 10.6. The van der Waals surface area contributed by atoms with E-state index in [0.29, 0.717) is 17.9 Å². The maximum absolute atomic E-state index is 10.6. The minimum atomic E-state index is -0.810. The van der Waals surface area contributed by atoms with Gasteiger partial charge in [-0.05, 0) is 92.7 Å². The summed E-state index contributed by atoms with van der Waals surface area (Å²) in [6.07, 6.45) is 2.27. The monoisotopic (exact) mass is 518 g/mol. The lowest BCUT2D eigenvalue weighted by Gasteiger charge is -2.36. The van der Waals surface area contributed by atoms with Crippen LogP contribution in [-0.4, -0.2) is 42.4 Å². The highest BCUT2D eigenvalue weighted by Gasteiger charge is 2.35. The van der Waals surface area contributed by atoms with Gasteiger partial charge in [0.1, 0.15) is 4.75 Å². The molecule has 0 radical (unpaired) electrons. The van der Waals surface area contributed by atoms with Gasteiger partial charge in [-0.25, -0.2) is 0 Å². The van der Waals surface area contributed by atoms with Crippen molar-refractivity contribution < 1.29 is 19.7 Å². The summed E-state index contributed by atoms with van der Waals surface area (Å²) in [6.45, 7) is 5.85. The summed E-state index contributed by atoms with van der Waals surface area (Å²) in [6, 6.07) is 20.1. The van der Waals surface area contributed by atoms with Gasteiger partial charge < -0.3 is 19.7 Å². The van der Waals surface area contributed by atoms with Gasteiger partial charge >= 0.3 is 0 Å². The number of hydrogen-bond acceptors (Lipinski definition) is 7. The Morgan fingerprint density at radius 1 is 1.03 bits per heavy atom. The van der Waals surface area contributed by atoms with Crippen molar-refractivity contribution in [3.8, 4) is 29.1 Å². The largest absolute Gasteiger partial charge is 0.504 e. The summed E-state index contributed by atoms with van der Waals surface area (Å²) in [5.74, 6) is 1.09. The van der Waals surface area contributed by atoms with Crippen LogP contribution in [-0.2, 0) is 11.2 Å². The van der Waals surface area contributed by atoms with E-state index < -0.39 is 4.75 Å². The van der Waals surface area contributed by atoms with Crippen molar-refractivity contribution in [3.05, 3.63) is 76.9 Å². The SMILES string of the molecule is COc1ccc(C(C#N)(CCCN2CCc3cc(O)c(O)cc3C2C)Sc2ccc(C)cc2)cc1OC. The Balaban J connectivity index is 1.58. The van der Waals surface area contributed by atoms with E-state index in [4.69, 9.17) is 9.47 Å². The van der Waals surface area contributed by atoms with E-state index in [1.54, 1.807) is 38.1 Å². The average Bonchev–Trinajstić information content (AvgIpc) is 2.91. The van der Waals surface area contributed by atoms with Gasteiger partial charge in [0.05, 0.1) is 20.3 Å². The number of aryl methyl sites for hydroxylation is 1. The molecule has 1 heterocycles. The third-order valence-electron chi connectivity index (χ3n) is 7.22. The van der Waals surface area contributed by atoms with Gasteiger partial charge in [-0.2, -0.15) is 5.26 Å². The van der Waals surface area contributed by atoms with Gasteiger partial charge in [-0.1, -0.05) is 35.5 Å². The number of benzene rings is 3. The normalized spacial score (nSPS) is 16.9. The molecule has 6 nitrogen and oxygen atoms in total. The van der Waals surface area contributed by atoms with Crippen LogP contribution in [0.15, 0.2) is 59.5 Å². The van der Waals surface area contributed by atoms with E-state index in [1.807, 2.05) is 18.2 Å². The quantitative estimate of drug-likeness (QED) is 0.253. The van der Waals surface area contributed by atoms with Gasteiger partial charge in [-0.3, -0.25) is 4.90 Å².